The minimum Gasteiger partial charge on any atom is -0.444 e. The molecule has 0 saturated carbocycles. The standard InChI is InChI=1S/C14H20BF2NO2/c1-8(18(5)13(19)20-14(2,3)4)9-6-10(16)12(15)11(17)7-9/h6-8H,15H2,1-5H3. The fourth-order valence-corrected chi connectivity index (χ4v) is 1.62. The van der Waals surface area contributed by atoms with Gasteiger partial charge in [-0.1, -0.05) is 0 Å². The van der Waals surface area contributed by atoms with Crippen molar-refractivity contribution in [2.45, 2.75) is 39.3 Å². The van der Waals surface area contributed by atoms with Gasteiger partial charge in [-0.05, 0) is 50.9 Å². The molecule has 0 aliphatic rings. The molecule has 3 nitrogen and oxygen atoms in total. The second-order valence-electron chi connectivity index (χ2n) is 5.88. The molecule has 110 valence electrons. The molecule has 0 spiro atoms. The van der Waals surface area contributed by atoms with Gasteiger partial charge < -0.3 is 9.64 Å². The zero-order valence-electron chi connectivity index (χ0n) is 12.8. The topological polar surface area (TPSA) is 29.5 Å². The van der Waals surface area contributed by atoms with Crippen molar-refractivity contribution in [1.82, 2.24) is 4.90 Å². The zero-order valence-corrected chi connectivity index (χ0v) is 12.8. The highest BCUT2D eigenvalue weighted by Gasteiger charge is 2.24. The van der Waals surface area contributed by atoms with E-state index in [4.69, 9.17) is 4.74 Å². The summed E-state index contributed by atoms with van der Waals surface area (Å²) < 4.78 is 32.3. The molecule has 0 aliphatic heterocycles. The van der Waals surface area contributed by atoms with Gasteiger partial charge in [-0.3, -0.25) is 0 Å². The number of carbonyl (C=O) groups is 1. The van der Waals surface area contributed by atoms with Crippen LogP contribution in [0.5, 0.6) is 0 Å². The molecule has 0 bridgehead atoms. The molecule has 0 aliphatic carbocycles. The summed E-state index contributed by atoms with van der Waals surface area (Å²) in [5.41, 5.74) is -0.255. The van der Waals surface area contributed by atoms with Gasteiger partial charge in [-0.2, -0.15) is 0 Å². The molecule has 1 atom stereocenters. The number of hydrogen-bond donors (Lipinski definition) is 0. The second kappa shape index (κ2) is 5.81. The van der Waals surface area contributed by atoms with Crippen LogP contribution >= 0.6 is 0 Å². The minimum absolute atomic E-state index is 0.0270. The normalized spacial score (nSPS) is 12.9. The molecule has 0 saturated heterocycles. The first kappa shape index (κ1) is 16.5. The summed E-state index contributed by atoms with van der Waals surface area (Å²) in [4.78, 5) is 13.2. The van der Waals surface area contributed by atoms with E-state index in [0.29, 0.717) is 5.56 Å². The number of halogens is 2. The summed E-state index contributed by atoms with van der Waals surface area (Å²) in [5.74, 6) is -1.24. The molecule has 0 fully saturated rings. The number of amides is 1. The van der Waals surface area contributed by atoms with E-state index in [1.807, 2.05) is 0 Å². The highest BCUT2D eigenvalue weighted by atomic mass is 19.1. The highest BCUT2D eigenvalue weighted by molar-refractivity contribution is 6.32. The second-order valence-corrected chi connectivity index (χ2v) is 5.88. The van der Waals surface area contributed by atoms with Crippen molar-refractivity contribution in [3.05, 3.63) is 29.3 Å². The van der Waals surface area contributed by atoms with Crippen LogP contribution in [0.15, 0.2) is 12.1 Å². The van der Waals surface area contributed by atoms with Gasteiger partial charge in [0.1, 0.15) is 25.1 Å². The largest absolute Gasteiger partial charge is 0.444 e. The van der Waals surface area contributed by atoms with Gasteiger partial charge in [0.2, 0.25) is 0 Å². The van der Waals surface area contributed by atoms with E-state index in [-0.39, 0.29) is 5.46 Å². The maximum Gasteiger partial charge on any atom is 0.410 e. The van der Waals surface area contributed by atoms with Crippen molar-refractivity contribution in [3.63, 3.8) is 0 Å². The molecule has 0 aromatic heterocycles. The summed E-state index contributed by atoms with van der Waals surface area (Å²) in [5, 5.41) is 0. The van der Waals surface area contributed by atoms with Crippen LogP contribution in [0.2, 0.25) is 0 Å². The predicted octanol–water partition coefficient (Wildman–Crippen LogP) is 2.15. The number of ether oxygens (including phenoxy) is 1. The maximum absolute atomic E-state index is 13.6. The van der Waals surface area contributed by atoms with Crippen molar-refractivity contribution < 1.29 is 18.3 Å². The van der Waals surface area contributed by atoms with Gasteiger partial charge >= 0.3 is 6.09 Å². The predicted molar refractivity (Wildman–Crippen MR) is 76.9 cm³/mol. The summed E-state index contributed by atoms with van der Waals surface area (Å²) >= 11 is 0. The fraction of sp³-hybridized carbons (Fsp3) is 0.500. The lowest BCUT2D eigenvalue weighted by Gasteiger charge is -2.29. The Bertz CT molecular complexity index is 491. The molecule has 0 heterocycles. The van der Waals surface area contributed by atoms with Gasteiger partial charge in [-0.15, -0.1) is 0 Å². The first-order valence-corrected chi connectivity index (χ1v) is 6.44. The van der Waals surface area contributed by atoms with E-state index in [1.54, 1.807) is 27.7 Å². The Morgan fingerprint density at radius 3 is 2.15 bits per heavy atom. The fourth-order valence-electron chi connectivity index (χ4n) is 1.62. The summed E-state index contributed by atoms with van der Waals surface area (Å²) in [7, 11) is 2.91. The lowest BCUT2D eigenvalue weighted by molar-refractivity contribution is 0.0233. The lowest BCUT2D eigenvalue weighted by atomic mass is 9.92. The molecule has 1 rings (SSSR count). The van der Waals surface area contributed by atoms with Crippen LogP contribution in [-0.4, -0.2) is 31.5 Å². The molecular weight excluding hydrogens is 263 g/mol. The van der Waals surface area contributed by atoms with E-state index in [2.05, 4.69) is 0 Å². The van der Waals surface area contributed by atoms with E-state index >= 15 is 0 Å². The number of rotatable bonds is 2. The molecule has 6 heteroatoms. The molecular formula is C14H20BF2NO2. The van der Waals surface area contributed by atoms with Gasteiger partial charge in [0.05, 0.1) is 6.04 Å². The van der Waals surface area contributed by atoms with Gasteiger partial charge in [0.25, 0.3) is 0 Å². The molecule has 1 amide bonds. The Balaban J connectivity index is 2.95. The lowest BCUT2D eigenvalue weighted by Crippen LogP contribution is -2.36. The van der Waals surface area contributed by atoms with Crippen LogP contribution in [0.1, 0.15) is 39.3 Å². The Kier molecular flexibility index (Phi) is 4.79. The Labute approximate surface area is 119 Å². The Morgan fingerprint density at radius 1 is 1.30 bits per heavy atom. The number of benzene rings is 1. The van der Waals surface area contributed by atoms with Crippen LogP contribution in [0.4, 0.5) is 13.6 Å². The number of nitrogens with zero attached hydrogens (tertiary/aromatic N) is 1. The summed E-state index contributed by atoms with van der Waals surface area (Å²) in [6.45, 7) is 6.96. The van der Waals surface area contributed by atoms with Gasteiger partial charge in [0, 0.05) is 7.05 Å². The van der Waals surface area contributed by atoms with E-state index in [9.17, 15) is 13.6 Å². The third kappa shape index (κ3) is 3.95. The van der Waals surface area contributed by atoms with Crippen LogP contribution in [0.25, 0.3) is 0 Å². The van der Waals surface area contributed by atoms with Crippen molar-refractivity contribution in [1.29, 1.82) is 0 Å². The van der Waals surface area contributed by atoms with Crippen molar-refractivity contribution >= 4 is 19.4 Å². The Hall–Kier alpha value is -1.59. The number of carbonyl (C=O) groups excluding carboxylic acids is 1. The summed E-state index contributed by atoms with van der Waals surface area (Å²) in [6.07, 6.45) is -0.536. The first-order valence-electron chi connectivity index (χ1n) is 6.44. The molecule has 20 heavy (non-hydrogen) atoms. The third-order valence-electron chi connectivity index (χ3n) is 3.05. The van der Waals surface area contributed by atoms with E-state index in [0.717, 1.165) is 0 Å². The molecule has 1 aromatic carbocycles. The van der Waals surface area contributed by atoms with Gasteiger partial charge in [-0.25, -0.2) is 13.6 Å². The highest BCUT2D eigenvalue weighted by Crippen LogP contribution is 2.22. The van der Waals surface area contributed by atoms with Crippen LogP contribution in [0.3, 0.4) is 0 Å². The third-order valence-corrected chi connectivity index (χ3v) is 3.05. The first-order chi connectivity index (χ1) is 9.03. The van der Waals surface area contributed by atoms with Crippen LogP contribution in [-0.2, 0) is 4.74 Å². The zero-order chi connectivity index (χ0) is 15.7. The van der Waals surface area contributed by atoms with Crippen LogP contribution < -0.4 is 5.46 Å². The minimum atomic E-state index is -0.621. The molecule has 1 unspecified atom stereocenters. The van der Waals surface area contributed by atoms with Crippen molar-refractivity contribution in [2.24, 2.45) is 0 Å². The maximum atomic E-state index is 13.6. The van der Waals surface area contributed by atoms with Crippen molar-refractivity contribution in [2.75, 3.05) is 7.05 Å². The number of hydrogen-bond acceptors (Lipinski definition) is 2. The average molecular weight is 283 g/mol. The monoisotopic (exact) mass is 283 g/mol. The van der Waals surface area contributed by atoms with Crippen molar-refractivity contribution in [3.8, 4) is 0 Å². The van der Waals surface area contributed by atoms with E-state index in [1.165, 1.54) is 31.9 Å². The SMILES string of the molecule is Bc1c(F)cc(C(C)N(C)C(=O)OC(C)(C)C)cc1F. The average Bonchev–Trinajstić information content (AvgIpc) is 2.31. The summed E-state index contributed by atoms with van der Waals surface area (Å²) in [6, 6.07) is 1.99. The molecule has 1 aromatic rings. The quantitative estimate of drug-likeness (QED) is 0.778. The molecule has 0 radical (unpaired) electrons. The van der Waals surface area contributed by atoms with E-state index < -0.39 is 29.4 Å². The molecule has 0 N–H and O–H groups in total. The Morgan fingerprint density at radius 2 is 1.75 bits per heavy atom. The van der Waals surface area contributed by atoms with Gasteiger partial charge in [0.15, 0.2) is 0 Å². The smallest absolute Gasteiger partial charge is 0.410 e. The van der Waals surface area contributed by atoms with Crippen LogP contribution in [0, 0.1) is 11.6 Å².